The van der Waals surface area contributed by atoms with Crippen molar-refractivity contribution in [1.29, 1.82) is 0 Å². The van der Waals surface area contributed by atoms with Crippen LogP contribution in [-0.2, 0) is 16.2 Å². The summed E-state index contributed by atoms with van der Waals surface area (Å²) in [5.74, 6) is -0.595. The largest absolute Gasteiger partial charge is 0.493 e. The molecule has 0 bridgehead atoms. The molecule has 3 amide bonds. The molecule has 1 aliphatic heterocycles. The molecule has 0 aromatic heterocycles. The molecule has 1 heterocycles. The number of ether oxygens (including phenoxy) is 2. The third-order valence-electron chi connectivity index (χ3n) is 5.15. The van der Waals surface area contributed by atoms with Gasteiger partial charge in [0, 0.05) is 10.7 Å². The lowest BCUT2D eigenvalue weighted by Crippen LogP contribution is -2.36. The van der Waals surface area contributed by atoms with Gasteiger partial charge in [-0.3, -0.25) is 19.3 Å². The van der Waals surface area contributed by atoms with Gasteiger partial charge in [0.25, 0.3) is 11.1 Å². The third-order valence-corrected chi connectivity index (χ3v) is 7.11. The maximum absolute atomic E-state index is 13.1. The second kappa shape index (κ2) is 12.0. The molecule has 0 spiro atoms. The first-order chi connectivity index (χ1) is 17.7. The number of carbonyl (C=O) groups excluding carboxylic acids is 3. The minimum absolute atomic E-state index is 0.173. The van der Waals surface area contributed by atoms with Crippen LogP contribution in [0.3, 0.4) is 0 Å². The van der Waals surface area contributed by atoms with Crippen LogP contribution >= 0.6 is 46.0 Å². The molecule has 7 nitrogen and oxygen atoms in total. The molecule has 0 aliphatic carbocycles. The summed E-state index contributed by atoms with van der Waals surface area (Å²) in [6.45, 7) is -0.153. The molecule has 3 aromatic rings. The quantitative estimate of drug-likeness (QED) is 0.226. The number of halogens is 3. The van der Waals surface area contributed by atoms with Crippen molar-refractivity contribution in [2.24, 2.45) is 0 Å². The Hall–Kier alpha value is -3.09. The van der Waals surface area contributed by atoms with Gasteiger partial charge in [-0.25, -0.2) is 4.39 Å². The summed E-state index contributed by atoms with van der Waals surface area (Å²) in [6.07, 6.45) is 1.57. The van der Waals surface area contributed by atoms with Crippen molar-refractivity contribution in [2.75, 3.05) is 19.0 Å². The molecule has 0 atom stereocenters. The lowest BCUT2D eigenvalue weighted by molar-refractivity contribution is -0.127. The molecule has 1 fully saturated rings. The van der Waals surface area contributed by atoms with E-state index in [-0.39, 0.29) is 4.91 Å². The summed E-state index contributed by atoms with van der Waals surface area (Å²) in [5.41, 5.74) is 1.92. The summed E-state index contributed by atoms with van der Waals surface area (Å²) in [6, 6.07) is 16.0. The topological polar surface area (TPSA) is 84.9 Å². The van der Waals surface area contributed by atoms with E-state index in [9.17, 15) is 18.8 Å². The number of rotatable bonds is 8. The Balaban J connectivity index is 1.46. The second-order valence-electron chi connectivity index (χ2n) is 7.77. The van der Waals surface area contributed by atoms with Crippen molar-refractivity contribution in [2.45, 2.75) is 6.61 Å². The lowest BCUT2D eigenvalue weighted by atomic mass is 10.1. The standard InChI is InChI=1S/C26H19ClFIN2O5S/c1-35-21-11-16(10-20(29)24(21)36-14-15-2-4-17(27)5-3-15)12-22-25(33)31(26(34)37-22)13-23(32)30-19-8-6-18(28)7-9-19/h2-12H,13-14H2,1H3,(H,30,32)/b22-12-. The van der Waals surface area contributed by atoms with Crippen LogP contribution in [0.25, 0.3) is 6.08 Å². The molecular formula is C26H19ClFIN2O5S. The van der Waals surface area contributed by atoms with Crippen molar-refractivity contribution in [3.05, 3.63) is 91.1 Å². The number of hydrogen-bond donors (Lipinski definition) is 1. The Morgan fingerprint density at radius 3 is 2.51 bits per heavy atom. The first-order valence-electron chi connectivity index (χ1n) is 10.8. The summed E-state index contributed by atoms with van der Waals surface area (Å²) >= 11 is 8.78. The zero-order chi connectivity index (χ0) is 26.5. The van der Waals surface area contributed by atoms with E-state index in [4.69, 9.17) is 21.1 Å². The van der Waals surface area contributed by atoms with E-state index in [1.807, 2.05) is 12.1 Å². The van der Waals surface area contributed by atoms with Gasteiger partial charge < -0.3 is 14.8 Å². The van der Waals surface area contributed by atoms with Crippen molar-refractivity contribution in [3.8, 4) is 11.5 Å². The average Bonchev–Trinajstić information content (AvgIpc) is 3.12. The molecule has 4 rings (SSSR count). The van der Waals surface area contributed by atoms with E-state index in [2.05, 4.69) is 27.9 Å². The molecule has 0 saturated carbocycles. The fourth-order valence-electron chi connectivity index (χ4n) is 3.36. The molecule has 0 unspecified atom stereocenters. The van der Waals surface area contributed by atoms with E-state index in [1.165, 1.54) is 31.4 Å². The Bertz CT molecular complexity index is 1380. The van der Waals surface area contributed by atoms with Crippen molar-refractivity contribution >= 4 is 74.8 Å². The first-order valence-corrected chi connectivity index (χ1v) is 13.1. The fraction of sp³-hybridized carbons (Fsp3) is 0.115. The molecule has 1 aliphatic rings. The molecule has 190 valence electrons. The number of hydrogen-bond acceptors (Lipinski definition) is 6. The van der Waals surface area contributed by atoms with Crippen LogP contribution in [0.5, 0.6) is 11.5 Å². The van der Waals surface area contributed by atoms with Crippen molar-refractivity contribution in [3.63, 3.8) is 0 Å². The van der Waals surface area contributed by atoms with Crippen LogP contribution in [0.2, 0.25) is 5.02 Å². The molecule has 3 aromatic carbocycles. The monoisotopic (exact) mass is 652 g/mol. The van der Waals surface area contributed by atoms with E-state index in [0.717, 1.165) is 25.8 Å². The zero-order valence-electron chi connectivity index (χ0n) is 19.3. The number of imide groups is 1. The van der Waals surface area contributed by atoms with Gasteiger partial charge in [-0.2, -0.15) is 0 Å². The van der Waals surface area contributed by atoms with Crippen LogP contribution < -0.4 is 14.8 Å². The number of nitrogens with zero attached hydrogens (tertiary/aromatic N) is 1. The number of thioether (sulfide) groups is 1. The number of benzene rings is 3. The van der Waals surface area contributed by atoms with Gasteiger partial charge in [-0.1, -0.05) is 23.7 Å². The Morgan fingerprint density at radius 2 is 1.84 bits per heavy atom. The molecule has 1 saturated heterocycles. The van der Waals surface area contributed by atoms with Gasteiger partial charge in [0.05, 0.1) is 15.6 Å². The summed E-state index contributed by atoms with van der Waals surface area (Å²) in [4.78, 5) is 38.7. The van der Waals surface area contributed by atoms with E-state index in [1.54, 1.807) is 30.3 Å². The number of carbonyl (C=O) groups is 3. The lowest BCUT2D eigenvalue weighted by Gasteiger charge is -2.14. The van der Waals surface area contributed by atoms with Gasteiger partial charge in [0.2, 0.25) is 5.91 Å². The molecule has 37 heavy (non-hydrogen) atoms. The van der Waals surface area contributed by atoms with Crippen LogP contribution in [-0.4, -0.2) is 35.6 Å². The second-order valence-corrected chi connectivity index (χ2v) is 10.4. The van der Waals surface area contributed by atoms with Crippen LogP contribution in [0.1, 0.15) is 11.1 Å². The number of nitrogens with one attached hydrogen (secondary N) is 1. The maximum atomic E-state index is 13.1. The van der Waals surface area contributed by atoms with E-state index >= 15 is 0 Å². The van der Waals surface area contributed by atoms with Crippen LogP contribution in [0, 0.1) is 9.39 Å². The van der Waals surface area contributed by atoms with Gasteiger partial charge in [-0.15, -0.1) is 0 Å². The molecule has 0 radical (unpaired) electrons. The highest BCUT2D eigenvalue weighted by atomic mass is 127. The molecule has 1 N–H and O–H groups in total. The predicted molar refractivity (Wildman–Crippen MR) is 149 cm³/mol. The fourth-order valence-corrected chi connectivity index (χ4v) is 5.11. The highest BCUT2D eigenvalue weighted by molar-refractivity contribution is 14.1. The van der Waals surface area contributed by atoms with Crippen LogP contribution in [0.4, 0.5) is 14.9 Å². The van der Waals surface area contributed by atoms with Crippen molar-refractivity contribution in [1.82, 2.24) is 4.90 Å². The summed E-state index contributed by atoms with van der Waals surface area (Å²) < 4.78 is 25.3. The smallest absolute Gasteiger partial charge is 0.294 e. The predicted octanol–water partition coefficient (Wildman–Crippen LogP) is 6.35. The minimum Gasteiger partial charge on any atom is -0.493 e. The van der Waals surface area contributed by atoms with Gasteiger partial charge in [-0.05, 0) is 100 Å². The molecule has 11 heteroatoms. The first kappa shape index (κ1) is 27.0. The number of methoxy groups -OCH3 is 1. The van der Waals surface area contributed by atoms with Crippen LogP contribution in [0.15, 0.2) is 65.6 Å². The summed E-state index contributed by atoms with van der Waals surface area (Å²) in [5, 5.41) is 2.62. The van der Waals surface area contributed by atoms with E-state index < -0.39 is 29.4 Å². The number of anilines is 1. The average molecular weight is 653 g/mol. The van der Waals surface area contributed by atoms with E-state index in [0.29, 0.717) is 34.4 Å². The Labute approximate surface area is 235 Å². The highest BCUT2D eigenvalue weighted by Crippen LogP contribution is 2.37. The zero-order valence-corrected chi connectivity index (χ0v) is 23.0. The van der Waals surface area contributed by atoms with Gasteiger partial charge in [0.15, 0.2) is 11.5 Å². The maximum Gasteiger partial charge on any atom is 0.294 e. The third kappa shape index (κ3) is 6.82. The molecular weight excluding hydrogens is 634 g/mol. The minimum atomic E-state index is -0.582. The Morgan fingerprint density at radius 1 is 1.14 bits per heavy atom. The van der Waals surface area contributed by atoms with Gasteiger partial charge in [0.1, 0.15) is 19.0 Å². The van der Waals surface area contributed by atoms with Gasteiger partial charge >= 0.3 is 0 Å². The highest BCUT2D eigenvalue weighted by Gasteiger charge is 2.36. The SMILES string of the molecule is COc1cc(/C=C2\SC(=O)N(CC(=O)Nc3ccc(F)cc3)C2=O)cc(I)c1OCc1ccc(Cl)cc1. The van der Waals surface area contributed by atoms with Crippen molar-refractivity contribution < 1.29 is 28.2 Å². The summed E-state index contributed by atoms with van der Waals surface area (Å²) in [7, 11) is 1.51. The number of amides is 3. The Kier molecular flexibility index (Phi) is 8.72. The normalized spacial score (nSPS) is 14.3.